The zero-order valence-electron chi connectivity index (χ0n) is 16.8. The van der Waals surface area contributed by atoms with E-state index in [4.69, 9.17) is 23.2 Å². The number of carbonyl (C=O) groups excluding carboxylic acids is 2. The molecular weight excluding hydrogens is 431 g/mol. The van der Waals surface area contributed by atoms with Gasteiger partial charge in [0.25, 0.3) is 11.6 Å². The first-order valence-corrected chi connectivity index (χ1v) is 9.89. The third kappa shape index (κ3) is 5.84. The van der Waals surface area contributed by atoms with Gasteiger partial charge in [-0.2, -0.15) is 0 Å². The predicted octanol–water partition coefficient (Wildman–Crippen LogP) is 4.46. The third-order valence-electron chi connectivity index (χ3n) is 4.22. The normalized spacial score (nSPS) is 10.4. The zero-order valence-corrected chi connectivity index (χ0v) is 18.3. The minimum atomic E-state index is -0.561. The van der Waals surface area contributed by atoms with Crippen LogP contribution >= 0.6 is 23.2 Å². The van der Waals surface area contributed by atoms with E-state index in [0.717, 1.165) is 0 Å². The molecule has 10 heteroatoms. The number of nitrogens with zero attached hydrogens (tertiary/aromatic N) is 3. The van der Waals surface area contributed by atoms with E-state index >= 15 is 0 Å². The van der Waals surface area contributed by atoms with Gasteiger partial charge in [0.1, 0.15) is 6.54 Å². The Morgan fingerprint density at radius 2 is 1.83 bits per heavy atom. The number of nitrogens with one attached hydrogen (secondary N) is 1. The minimum absolute atomic E-state index is 0.149. The van der Waals surface area contributed by atoms with Crippen LogP contribution in [0.25, 0.3) is 0 Å². The molecule has 1 N–H and O–H groups in total. The van der Waals surface area contributed by atoms with Crippen molar-refractivity contribution in [1.29, 1.82) is 0 Å². The third-order valence-corrected chi connectivity index (χ3v) is 4.79. The number of non-ortho nitro benzene ring substituents is 1. The average molecular weight is 453 g/mol. The van der Waals surface area contributed by atoms with E-state index in [2.05, 4.69) is 5.32 Å². The summed E-state index contributed by atoms with van der Waals surface area (Å²) in [6.07, 6.45) is 0.600. The van der Waals surface area contributed by atoms with Gasteiger partial charge in [0, 0.05) is 43.5 Å². The second kappa shape index (κ2) is 10.3. The Morgan fingerprint density at radius 1 is 1.13 bits per heavy atom. The van der Waals surface area contributed by atoms with Crippen LogP contribution in [0.15, 0.2) is 36.4 Å². The van der Waals surface area contributed by atoms with Gasteiger partial charge < -0.3 is 15.1 Å². The first kappa shape index (κ1) is 23.4. The summed E-state index contributed by atoms with van der Waals surface area (Å²) in [5, 5.41) is 14.5. The second-order valence-corrected chi connectivity index (χ2v) is 7.60. The summed E-state index contributed by atoms with van der Waals surface area (Å²) in [5.41, 5.74) is 0.805. The fraction of sp³-hybridized carbons (Fsp3) is 0.300. The highest BCUT2D eigenvalue weighted by Crippen LogP contribution is 2.27. The van der Waals surface area contributed by atoms with Crippen LogP contribution in [0.5, 0.6) is 0 Å². The van der Waals surface area contributed by atoms with Crippen LogP contribution in [0.1, 0.15) is 23.7 Å². The molecule has 30 heavy (non-hydrogen) atoms. The average Bonchev–Trinajstić information content (AvgIpc) is 2.69. The molecule has 0 unspecified atom stereocenters. The Hall–Kier alpha value is -2.84. The molecule has 0 aromatic heterocycles. The number of hydrogen-bond acceptors (Lipinski definition) is 5. The molecule has 2 rings (SSSR count). The summed E-state index contributed by atoms with van der Waals surface area (Å²) < 4.78 is 0. The van der Waals surface area contributed by atoms with Crippen LogP contribution in [-0.4, -0.2) is 48.8 Å². The van der Waals surface area contributed by atoms with Crippen molar-refractivity contribution in [2.24, 2.45) is 0 Å². The van der Waals surface area contributed by atoms with Crippen molar-refractivity contribution >= 4 is 52.1 Å². The number of benzene rings is 2. The molecule has 0 saturated carbocycles. The monoisotopic (exact) mass is 452 g/mol. The molecule has 0 fully saturated rings. The maximum atomic E-state index is 13.2. The molecule has 8 nitrogen and oxygen atoms in total. The molecule has 0 atom stereocenters. The van der Waals surface area contributed by atoms with Gasteiger partial charge in [0.2, 0.25) is 5.91 Å². The summed E-state index contributed by atoms with van der Waals surface area (Å²) in [5.74, 6) is -0.936. The molecule has 2 aromatic rings. The molecule has 0 saturated heterocycles. The quantitative estimate of drug-likeness (QED) is 0.471. The molecule has 0 heterocycles. The standard InChI is InChI=1S/C20H22Cl2N4O4/c1-4-9-25(12-19(27)23-17-10-13(21)5-7-16(17)22)20(28)15-11-14(26(29)30)6-8-18(15)24(2)3/h5-8,10-11H,4,9,12H2,1-3H3,(H,23,27). The van der Waals surface area contributed by atoms with Crippen molar-refractivity contribution in [3.63, 3.8) is 0 Å². The van der Waals surface area contributed by atoms with Crippen molar-refractivity contribution in [1.82, 2.24) is 4.90 Å². The minimum Gasteiger partial charge on any atom is -0.377 e. The number of hydrogen-bond donors (Lipinski definition) is 1. The fourth-order valence-corrected chi connectivity index (χ4v) is 3.18. The zero-order chi connectivity index (χ0) is 22.4. The number of carbonyl (C=O) groups is 2. The molecule has 160 valence electrons. The van der Waals surface area contributed by atoms with E-state index in [1.54, 1.807) is 31.1 Å². The van der Waals surface area contributed by atoms with E-state index in [-0.39, 0.29) is 17.8 Å². The van der Waals surface area contributed by atoms with Gasteiger partial charge >= 0.3 is 0 Å². The molecule has 0 aliphatic carbocycles. The van der Waals surface area contributed by atoms with Crippen LogP contribution in [0.3, 0.4) is 0 Å². The lowest BCUT2D eigenvalue weighted by atomic mass is 10.1. The molecule has 0 spiro atoms. The molecular formula is C20H22Cl2N4O4. The molecule has 2 aromatic carbocycles. The van der Waals surface area contributed by atoms with Crippen molar-refractivity contribution in [2.45, 2.75) is 13.3 Å². The number of rotatable bonds is 8. The number of nitro groups is 1. The van der Waals surface area contributed by atoms with Gasteiger partial charge in [-0.3, -0.25) is 19.7 Å². The molecule has 0 aliphatic heterocycles. The highest BCUT2D eigenvalue weighted by atomic mass is 35.5. The van der Waals surface area contributed by atoms with Gasteiger partial charge in [0.15, 0.2) is 0 Å². The molecule has 2 amide bonds. The molecule has 0 aliphatic rings. The first-order chi connectivity index (χ1) is 14.1. The maximum absolute atomic E-state index is 13.2. The van der Waals surface area contributed by atoms with Gasteiger partial charge in [-0.1, -0.05) is 30.1 Å². The van der Waals surface area contributed by atoms with Gasteiger partial charge in [-0.15, -0.1) is 0 Å². The highest BCUT2D eigenvalue weighted by Gasteiger charge is 2.24. The summed E-state index contributed by atoms with van der Waals surface area (Å²) in [6, 6.07) is 8.74. The smallest absolute Gasteiger partial charge is 0.270 e. The lowest BCUT2D eigenvalue weighted by Crippen LogP contribution is -2.39. The topological polar surface area (TPSA) is 95.8 Å². The molecule has 0 radical (unpaired) electrons. The largest absolute Gasteiger partial charge is 0.377 e. The summed E-state index contributed by atoms with van der Waals surface area (Å²) in [4.78, 5) is 39.4. The predicted molar refractivity (Wildman–Crippen MR) is 119 cm³/mol. The Kier molecular flexibility index (Phi) is 8.02. The number of anilines is 2. The van der Waals surface area contributed by atoms with Gasteiger partial charge in [0.05, 0.1) is 21.2 Å². The Labute approximate surface area is 184 Å². The number of halogens is 2. The molecule has 0 bridgehead atoms. The summed E-state index contributed by atoms with van der Waals surface area (Å²) in [7, 11) is 3.46. The van der Waals surface area contributed by atoms with Crippen LogP contribution in [0.4, 0.5) is 17.1 Å². The number of nitro benzene ring substituents is 1. The second-order valence-electron chi connectivity index (χ2n) is 6.75. The lowest BCUT2D eigenvalue weighted by molar-refractivity contribution is -0.384. The van der Waals surface area contributed by atoms with Crippen LogP contribution < -0.4 is 10.2 Å². The van der Waals surface area contributed by atoms with E-state index in [1.165, 1.54) is 29.2 Å². The van der Waals surface area contributed by atoms with E-state index in [0.29, 0.717) is 34.4 Å². The number of amides is 2. The van der Waals surface area contributed by atoms with Crippen molar-refractivity contribution in [2.75, 3.05) is 37.4 Å². The van der Waals surface area contributed by atoms with Crippen molar-refractivity contribution < 1.29 is 14.5 Å². The fourth-order valence-electron chi connectivity index (χ4n) is 2.85. The van der Waals surface area contributed by atoms with Crippen LogP contribution in [-0.2, 0) is 4.79 Å². The first-order valence-electron chi connectivity index (χ1n) is 9.14. The van der Waals surface area contributed by atoms with E-state index in [1.807, 2.05) is 6.92 Å². The van der Waals surface area contributed by atoms with Crippen LogP contribution in [0, 0.1) is 10.1 Å². The highest BCUT2D eigenvalue weighted by molar-refractivity contribution is 6.35. The van der Waals surface area contributed by atoms with Gasteiger partial charge in [-0.25, -0.2) is 0 Å². The van der Waals surface area contributed by atoms with Crippen molar-refractivity contribution in [3.8, 4) is 0 Å². The SMILES string of the molecule is CCCN(CC(=O)Nc1cc(Cl)ccc1Cl)C(=O)c1cc([N+](=O)[O-])ccc1N(C)C. The Bertz CT molecular complexity index is 966. The summed E-state index contributed by atoms with van der Waals surface area (Å²) in [6.45, 7) is 1.92. The van der Waals surface area contributed by atoms with E-state index < -0.39 is 16.7 Å². The Balaban J connectivity index is 2.30. The van der Waals surface area contributed by atoms with Crippen molar-refractivity contribution in [3.05, 3.63) is 62.1 Å². The maximum Gasteiger partial charge on any atom is 0.270 e. The summed E-state index contributed by atoms with van der Waals surface area (Å²) >= 11 is 12.0. The lowest BCUT2D eigenvalue weighted by Gasteiger charge is -2.24. The Morgan fingerprint density at radius 3 is 2.43 bits per heavy atom. The van der Waals surface area contributed by atoms with E-state index in [9.17, 15) is 19.7 Å². The van der Waals surface area contributed by atoms with Crippen LogP contribution in [0.2, 0.25) is 10.0 Å². The van der Waals surface area contributed by atoms with Gasteiger partial charge in [-0.05, 0) is 30.7 Å².